The molecule has 1 aromatic heterocycles. The highest BCUT2D eigenvalue weighted by molar-refractivity contribution is 9.10. The van der Waals surface area contributed by atoms with Gasteiger partial charge in [-0.3, -0.25) is 4.79 Å². The molecule has 4 heteroatoms. The second kappa shape index (κ2) is 4.55. The standard InChI is InChI=1S/C17H21BrN2O/c1-11-3-2-4-14(19-11)20-15(21)16-6-12-5-13(7-16)9-17(18,8-12)10-16/h2-4,12-13H,5-10H2,1H3,(H,19,20,21). The van der Waals surface area contributed by atoms with Crippen LogP contribution >= 0.6 is 15.9 Å². The van der Waals surface area contributed by atoms with Crippen LogP contribution in [0.3, 0.4) is 0 Å². The molecule has 4 bridgehead atoms. The van der Waals surface area contributed by atoms with Gasteiger partial charge in [0.25, 0.3) is 0 Å². The molecule has 4 aliphatic carbocycles. The highest BCUT2D eigenvalue weighted by Gasteiger charge is 2.59. The monoisotopic (exact) mass is 348 g/mol. The highest BCUT2D eigenvalue weighted by Crippen LogP contribution is 2.64. The van der Waals surface area contributed by atoms with Crippen LogP contribution in [0, 0.1) is 24.2 Å². The van der Waals surface area contributed by atoms with Crippen molar-refractivity contribution in [2.45, 2.75) is 49.8 Å². The summed E-state index contributed by atoms with van der Waals surface area (Å²) in [5, 5.41) is 3.09. The zero-order chi connectivity index (χ0) is 14.7. The summed E-state index contributed by atoms with van der Waals surface area (Å²) in [7, 11) is 0. The second-order valence-corrected chi connectivity index (χ2v) is 9.19. The van der Waals surface area contributed by atoms with Crippen LogP contribution in [-0.2, 0) is 4.79 Å². The number of rotatable bonds is 2. The number of amides is 1. The third-order valence-electron chi connectivity index (χ3n) is 5.60. The molecule has 0 spiro atoms. The van der Waals surface area contributed by atoms with Crippen LogP contribution in [0.1, 0.15) is 44.2 Å². The van der Waals surface area contributed by atoms with Gasteiger partial charge < -0.3 is 5.32 Å². The third-order valence-corrected chi connectivity index (χ3v) is 6.53. The number of nitrogens with one attached hydrogen (secondary N) is 1. The normalized spacial score (nSPS) is 40.3. The number of pyridine rings is 1. The van der Waals surface area contributed by atoms with Crippen LogP contribution in [0.4, 0.5) is 5.82 Å². The number of carbonyl (C=O) groups is 1. The Bertz CT molecular complexity index is 586. The molecule has 0 radical (unpaired) electrons. The van der Waals surface area contributed by atoms with Crippen molar-refractivity contribution < 1.29 is 4.79 Å². The molecule has 4 saturated carbocycles. The molecule has 1 N–H and O–H groups in total. The van der Waals surface area contributed by atoms with Gasteiger partial charge in [0.1, 0.15) is 5.82 Å². The molecule has 21 heavy (non-hydrogen) atoms. The number of carbonyl (C=O) groups excluding carboxylic acids is 1. The Kier molecular flexibility index (Phi) is 2.97. The zero-order valence-electron chi connectivity index (χ0n) is 12.4. The predicted octanol–water partition coefficient (Wildman–Crippen LogP) is 4.06. The van der Waals surface area contributed by atoms with Gasteiger partial charge in [-0.15, -0.1) is 0 Å². The minimum absolute atomic E-state index is 0.168. The lowest BCUT2D eigenvalue weighted by molar-refractivity contribution is -0.138. The first-order valence-electron chi connectivity index (χ1n) is 7.91. The van der Waals surface area contributed by atoms with Crippen LogP contribution in [0.25, 0.3) is 0 Å². The Hall–Kier alpha value is -0.900. The van der Waals surface area contributed by atoms with E-state index in [-0.39, 0.29) is 15.6 Å². The molecule has 1 aromatic rings. The van der Waals surface area contributed by atoms with Crippen LogP contribution in [0.2, 0.25) is 0 Å². The average molecular weight is 349 g/mol. The summed E-state index contributed by atoms with van der Waals surface area (Å²) in [6, 6.07) is 5.78. The van der Waals surface area contributed by atoms with Crippen molar-refractivity contribution in [3.63, 3.8) is 0 Å². The van der Waals surface area contributed by atoms with E-state index in [4.69, 9.17) is 0 Å². The highest BCUT2D eigenvalue weighted by atomic mass is 79.9. The van der Waals surface area contributed by atoms with Gasteiger partial charge in [-0.25, -0.2) is 4.98 Å². The van der Waals surface area contributed by atoms with Crippen molar-refractivity contribution >= 4 is 27.7 Å². The first kappa shape index (κ1) is 13.7. The lowest BCUT2D eigenvalue weighted by Gasteiger charge is -2.59. The molecule has 1 heterocycles. The van der Waals surface area contributed by atoms with E-state index in [0.29, 0.717) is 5.82 Å². The molecule has 4 aliphatic rings. The van der Waals surface area contributed by atoms with Crippen molar-refractivity contribution in [2.24, 2.45) is 17.3 Å². The van der Waals surface area contributed by atoms with Crippen LogP contribution in [0.5, 0.6) is 0 Å². The minimum Gasteiger partial charge on any atom is -0.310 e. The van der Waals surface area contributed by atoms with E-state index in [1.54, 1.807) is 0 Å². The van der Waals surface area contributed by atoms with E-state index in [1.165, 1.54) is 19.3 Å². The zero-order valence-corrected chi connectivity index (χ0v) is 13.9. The van der Waals surface area contributed by atoms with Gasteiger partial charge in [-0.2, -0.15) is 0 Å². The fourth-order valence-corrected chi connectivity index (χ4v) is 6.73. The smallest absolute Gasteiger partial charge is 0.231 e. The van der Waals surface area contributed by atoms with Crippen molar-refractivity contribution in [2.75, 3.05) is 5.32 Å². The predicted molar refractivity (Wildman–Crippen MR) is 86.4 cm³/mol. The molecule has 4 fully saturated rings. The minimum atomic E-state index is -0.168. The summed E-state index contributed by atoms with van der Waals surface area (Å²) < 4.78 is 0.217. The van der Waals surface area contributed by atoms with E-state index in [1.807, 2.05) is 25.1 Å². The summed E-state index contributed by atoms with van der Waals surface area (Å²) in [6.07, 6.45) is 6.95. The average Bonchev–Trinajstić information content (AvgIpc) is 2.35. The number of hydrogen-bond acceptors (Lipinski definition) is 2. The quantitative estimate of drug-likeness (QED) is 0.818. The van der Waals surface area contributed by atoms with Gasteiger partial charge >= 0.3 is 0 Å². The third kappa shape index (κ3) is 2.32. The summed E-state index contributed by atoms with van der Waals surface area (Å²) in [4.78, 5) is 17.4. The van der Waals surface area contributed by atoms with Crippen molar-refractivity contribution in [1.29, 1.82) is 0 Å². The molecule has 0 aliphatic heterocycles. The Morgan fingerprint density at radius 1 is 1.29 bits per heavy atom. The number of aryl methyl sites for hydroxylation is 1. The second-order valence-electron chi connectivity index (χ2n) is 7.51. The van der Waals surface area contributed by atoms with Crippen LogP contribution in [-0.4, -0.2) is 15.2 Å². The maximum absolute atomic E-state index is 12.9. The van der Waals surface area contributed by atoms with E-state index in [0.717, 1.165) is 36.8 Å². The molecule has 0 aromatic carbocycles. The topological polar surface area (TPSA) is 42.0 Å². The summed E-state index contributed by atoms with van der Waals surface area (Å²) >= 11 is 3.96. The molecule has 5 rings (SSSR count). The molecule has 1 amide bonds. The number of nitrogens with zero attached hydrogens (tertiary/aromatic N) is 1. The maximum Gasteiger partial charge on any atom is 0.231 e. The fourth-order valence-electron chi connectivity index (χ4n) is 5.28. The molecule has 0 saturated heterocycles. The number of aromatic nitrogens is 1. The van der Waals surface area contributed by atoms with Gasteiger partial charge in [0.05, 0.1) is 5.41 Å². The maximum atomic E-state index is 12.9. The summed E-state index contributed by atoms with van der Waals surface area (Å²) in [5.74, 6) is 2.33. The first-order chi connectivity index (χ1) is 9.96. The molecule has 2 unspecified atom stereocenters. The van der Waals surface area contributed by atoms with Crippen molar-refractivity contribution in [1.82, 2.24) is 4.98 Å². The number of alkyl halides is 1. The molecular formula is C17H21BrN2O. The Morgan fingerprint density at radius 3 is 2.62 bits per heavy atom. The lowest BCUT2D eigenvalue weighted by atomic mass is 9.49. The Labute approximate surface area is 134 Å². The van der Waals surface area contributed by atoms with Gasteiger partial charge in [-0.05, 0) is 69.4 Å². The molecule has 3 nitrogen and oxygen atoms in total. The number of hydrogen-bond donors (Lipinski definition) is 1. The van der Waals surface area contributed by atoms with Crippen molar-refractivity contribution in [3.05, 3.63) is 23.9 Å². The van der Waals surface area contributed by atoms with Gasteiger partial charge in [0.15, 0.2) is 0 Å². The molecular weight excluding hydrogens is 328 g/mol. The van der Waals surface area contributed by atoms with Crippen LogP contribution in [0.15, 0.2) is 18.2 Å². The number of halogens is 1. The van der Waals surface area contributed by atoms with Gasteiger partial charge in [0, 0.05) is 10.0 Å². The fraction of sp³-hybridized carbons (Fsp3) is 0.647. The van der Waals surface area contributed by atoms with E-state index in [2.05, 4.69) is 26.2 Å². The Morgan fingerprint density at radius 2 is 2.00 bits per heavy atom. The van der Waals surface area contributed by atoms with Gasteiger partial charge in [-0.1, -0.05) is 22.0 Å². The van der Waals surface area contributed by atoms with E-state index in [9.17, 15) is 4.79 Å². The van der Waals surface area contributed by atoms with E-state index < -0.39 is 0 Å². The van der Waals surface area contributed by atoms with Gasteiger partial charge in [0.2, 0.25) is 5.91 Å². The lowest BCUT2D eigenvalue weighted by Crippen LogP contribution is -2.57. The summed E-state index contributed by atoms with van der Waals surface area (Å²) in [5.41, 5.74) is 0.772. The largest absolute Gasteiger partial charge is 0.310 e. The van der Waals surface area contributed by atoms with Crippen molar-refractivity contribution in [3.8, 4) is 0 Å². The van der Waals surface area contributed by atoms with E-state index >= 15 is 0 Å². The van der Waals surface area contributed by atoms with Crippen LogP contribution < -0.4 is 5.32 Å². The summed E-state index contributed by atoms with van der Waals surface area (Å²) in [6.45, 7) is 1.95. The molecule has 112 valence electrons. The SMILES string of the molecule is Cc1cccc(NC(=O)C23CC4CC(CC(Br)(C4)C2)C3)n1. The first-order valence-corrected chi connectivity index (χ1v) is 8.70. The Balaban J connectivity index is 1.59. The number of anilines is 1. The molecule has 2 atom stereocenters.